The number of hydrogen-bond donors (Lipinski definition) is 0. The third-order valence-corrected chi connectivity index (χ3v) is 5.84. The van der Waals surface area contributed by atoms with Crippen LogP contribution < -0.4 is 0 Å². The number of nitrogens with zero attached hydrogens (tertiary/aromatic N) is 1. The normalized spacial score (nSPS) is 11.8. The van der Waals surface area contributed by atoms with E-state index in [1.165, 1.54) is 45.2 Å². The second-order valence-electron chi connectivity index (χ2n) is 7.36. The van der Waals surface area contributed by atoms with Crippen molar-refractivity contribution < 1.29 is 9.53 Å². The van der Waals surface area contributed by atoms with Crippen LogP contribution in [0.1, 0.15) is 10.4 Å². The molecule has 4 aromatic carbocycles. The number of hydrogen-bond acceptors (Lipinski definition) is 2. The predicted molar refractivity (Wildman–Crippen MR) is 118 cm³/mol. The molecule has 0 saturated carbocycles. The monoisotopic (exact) mass is 375 g/mol. The number of carbonyl (C=O) groups is 1. The maximum atomic E-state index is 11.8. The van der Waals surface area contributed by atoms with Crippen molar-refractivity contribution in [2.24, 2.45) is 0 Å². The predicted octanol–water partition coefficient (Wildman–Crippen LogP) is 6.29. The van der Waals surface area contributed by atoms with Gasteiger partial charge in [-0.25, -0.2) is 4.79 Å². The van der Waals surface area contributed by atoms with E-state index < -0.39 is 0 Å². The molecule has 3 nitrogen and oxygen atoms in total. The lowest BCUT2D eigenvalue weighted by atomic mass is 9.98. The molecule has 0 amide bonds. The van der Waals surface area contributed by atoms with E-state index in [4.69, 9.17) is 4.74 Å². The number of rotatable bonds is 2. The molecule has 0 aliphatic carbocycles. The van der Waals surface area contributed by atoms with Gasteiger partial charge in [-0.1, -0.05) is 48.5 Å². The van der Waals surface area contributed by atoms with Crippen LogP contribution in [0.3, 0.4) is 0 Å². The summed E-state index contributed by atoms with van der Waals surface area (Å²) in [5, 5.41) is 5.01. The van der Waals surface area contributed by atoms with Crippen molar-refractivity contribution in [2.45, 2.75) is 0 Å². The van der Waals surface area contributed by atoms with E-state index in [-0.39, 0.29) is 5.97 Å². The van der Waals surface area contributed by atoms with Gasteiger partial charge in [0.05, 0.1) is 29.2 Å². The first-order chi connectivity index (χ1) is 14.3. The average molecular weight is 375 g/mol. The van der Waals surface area contributed by atoms with Crippen LogP contribution in [0.5, 0.6) is 0 Å². The van der Waals surface area contributed by atoms with Crippen LogP contribution in [0.2, 0.25) is 0 Å². The van der Waals surface area contributed by atoms with E-state index in [0.29, 0.717) is 5.56 Å². The maximum Gasteiger partial charge on any atom is 0.337 e. The molecule has 0 fully saturated rings. The van der Waals surface area contributed by atoms with E-state index in [1.807, 2.05) is 24.3 Å². The second-order valence-corrected chi connectivity index (χ2v) is 7.36. The van der Waals surface area contributed by atoms with Crippen molar-refractivity contribution in [1.29, 1.82) is 0 Å². The summed E-state index contributed by atoms with van der Waals surface area (Å²) in [6, 6.07) is 29.3. The highest BCUT2D eigenvalue weighted by molar-refractivity contribution is 6.24. The van der Waals surface area contributed by atoms with Crippen molar-refractivity contribution in [1.82, 2.24) is 4.40 Å². The standard InChI is InChI=1S/C26H17NO2/c1-29-26(28)17-12-10-16(11-13-17)18-14-21-19-6-2-4-8-23(19)27-24-9-5-3-7-20(24)22(15-18)25(21)27/h2-15H,1H3. The number of ether oxygens (including phenoxy) is 1. The van der Waals surface area contributed by atoms with Crippen molar-refractivity contribution in [2.75, 3.05) is 7.11 Å². The molecule has 0 spiro atoms. The third kappa shape index (κ3) is 2.15. The quantitative estimate of drug-likeness (QED) is 0.333. The number of para-hydroxylation sites is 2. The Labute approximate surface area is 167 Å². The summed E-state index contributed by atoms with van der Waals surface area (Å²) in [5.74, 6) is -0.317. The molecule has 0 atom stereocenters. The molecular formula is C26H17NO2. The number of fused-ring (bicyclic) bond motifs is 6. The van der Waals surface area contributed by atoms with Crippen LogP contribution in [-0.4, -0.2) is 17.5 Å². The molecule has 6 aromatic rings. The molecule has 0 aliphatic rings. The van der Waals surface area contributed by atoms with E-state index in [0.717, 1.165) is 11.1 Å². The lowest BCUT2D eigenvalue weighted by molar-refractivity contribution is 0.0601. The first-order valence-electron chi connectivity index (χ1n) is 9.62. The number of esters is 1. The molecular weight excluding hydrogens is 358 g/mol. The number of methoxy groups -OCH3 is 1. The van der Waals surface area contributed by atoms with Gasteiger partial charge in [0.15, 0.2) is 0 Å². The Kier molecular flexibility index (Phi) is 3.24. The molecule has 6 rings (SSSR count). The Morgan fingerprint density at radius 1 is 0.690 bits per heavy atom. The van der Waals surface area contributed by atoms with E-state index in [2.05, 4.69) is 65.1 Å². The minimum atomic E-state index is -0.317. The molecule has 0 N–H and O–H groups in total. The molecule has 0 bridgehead atoms. The van der Waals surface area contributed by atoms with Gasteiger partial charge in [0, 0.05) is 21.5 Å². The molecule has 0 radical (unpaired) electrons. The Hall–Kier alpha value is -3.85. The average Bonchev–Trinajstić information content (AvgIpc) is 3.30. The van der Waals surface area contributed by atoms with Gasteiger partial charge in [0.25, 0.3) is 0 Å². The SMILES string of the molecule is COC(=O)c1ccc(-c2cc3c4ccccc4n4c5ccccc5c(c2)c34)cc1. The summed E-state index contributed by atoms with van der Waals surface area (Å²) in [6.07, 6.45) is 0. The first kappa shape index (κ1) is 16.1. The highest BCUT2D eigenvalue weighted by Gasteiger charge is 2.18. The summed E-state index contributed by atoms with van der Waals surface area (Å²) in [4.78, 5) is 11.8. The van der Waals surface area contributed by atoms with Crippen LogP contribution in [0.15, 0.2) is 84.9 Å². The summed E-state index contributed by atoms with van der Waals surface area (Å²) in [7, 11) is 1.40. The molecule has 0 aliphatic heterocycles. The van der Waals surface area contributed by atoms with Gasteiger partial charge in [0.2, 0.25) is 0 Å². The van der Waals surface area contributed by atoms with E-state index in [9.17, 15) is 4.79 Å². The van der Waals surface area contributed by atoms with E-state index in [1.54, 1.807) is 0 Å². The van der Waals surface area contributed by atoms with Crippen molar-refractivity contribution in [3.63, 3.8) is 0 Å². The fraction of sp³-hybridized carbons (Fsp3) is 0.0385. The smallest absolute Gasteiger partial charge is 0.337 e. The molecule has 0 saturated heterocycles. The van der Waals surface area contributed by atoms with Gasteiger partial charge in [-0.05, 0) is 47.5 Å². The summed E-state index contributed by atoms with van der Waals surface area (Å²) >= 11 is 0. The second kappa shape index (κ2) is 5.82. The minimum Gasteiger partial charge on any atom is -0.465 e. The highest BCUT2D eigenvalue weighted by atomic mass is 16.5. The van der Waals surface area contributed by atoms with Crippen molar-refractivity contribution in [3.8, 4) is 11.1 Å². The lowest BCUT2D eigenvalue weighted by Gasteiger charge is -2.05. The fourth-order valence-electron chi connectivity index (χ4n) is 4.53. The molecule has 2 aromatic heterocycles. The summed E-state index contributed by atoms with van der Waals surface area (Å²) in [6.45, 7) is 0. The number of carbonyl (C=O) groups excluding carboxylic acids is 1. The van der Waals surface area contributed by atoms with Gasteiger partial charge in [-0.15, -0.1) is 0 Å². The van der Waals surface area contributed by atoms with Crippen molar-refractivity contribution >= 4 is 44.1 Å². The molecule has 0 unspecified atom stereocenters. The molecule has 2 heterocycles. The zero-order chi connectivity index (χ0) is 19.5. The van der Waals surface area contributed by atoms with Gasteiger partial charge in [-0.3, -0.25) is 0 Å². The fourth-order valence-corrected chi connectivity index (χ4v) is 4.53. The maximum absolute atomic E-state index is 11.8. The Bertz CT molecular complexity index is 1460. The minimum absolute atomic E-state index is 0.317. The Morgan fingerprint density at radius 2 is 1.24 bits per heavy atom. The Morgan fingerprint density at radius 3 is 1.79 bits per heavy atom. The lowest BCUT2D eigenvalue weighted by Crippen LogP contribution is -2.00. The Balaban J connectivity index is 1.71. The van der Waals surface area contributed by atoms with Gasteiger partial charge in [-0.2, -0.15) is 0 Å². The van der Waals surface area contributed by atoms with Crippen LogP contribution in [0.25, 0.3) is 49.2 Å². The molecule has 3 heteroatoms. The largest absolute Gasteiger partial charge is 0.465 e. The zero-order valence-corrected chi connectivity index (χ0v) is 15.8. The first-order valence-corrected chi connectivity index (χ1v) is 9.62. The molecule has 138 valence electrons. The van der Waals surface area contributed by atoms with Crippen molar-refractivity contribution in [3.05, 3.63) is 90.5 Å². The van der Waals surface area contributed by atoms with Gasteiger partial charge in [0.1, 0.15) is 0 Å². The number of aromatic nitrogens is 1. The van der Waals surface area contributed by atoms with Gasteiger partial charge >= 0.3 is 5.97 Å². The topological polar surface area (TPSA) is 30.7 Å². The van der Waals surface area contributed by atoms with Crippen LogP contribution in [-0.2, 0) is 4.74 Å². The van der Waals surface area contributed by atoms with E-state index >= 15 is 0 Å². The van der Waals surface area contributed by atoms with Crippen LogP contribution in [0.4, 0.5) is 0 Å². The summed E-state index contributed by atoms with van der Waals surface area (Å²) < 4.78 is 7.19. The highest BCUT2D eigenvalue weighted by Crippen LogP contribution is 2.41. The number of benzene rings is 4. The zero-order valence-electron chi connectivity index (χ0n) is 15.8. The summed E-state index contributed by atoms with van der Waals surface area (Å²) in [5.41, 5.74) is 6.51. The van der Waals surface area contributed by atoms with Crippen LogP contribution in [0, 0.1) is 0 Å². The third-order valence-electron chi connectivity index (χ3n) is 5.84. The molecule has 29 heavy (non-hydrogen) atoms. The van der Waals surface area contributed by atoms with Gasteiger partial charge < -0.3 is 9.14 Å². The van der Waals surface area contributed by atoms with Crippen LogP contribution >= 0.6 is 0 Å².